The van der Waals surface area contributed by atoms with Gasteiger partial charge < -0.3 is 9.15 Å². The van der Waals surface area contributed by atoms with E-state index in [1.165, 1.54) is 6.07 Å². The van der Waals surface area contributed by atoms with Crippen molar-refractivity contribution >= 4 is 0 Å². The zero-order valence-electron chi connectivity index (χ0n) is 11.5. The van der Waals surface area contributed by atoms with Crippen LogP contribution >= 0.6 is 0 Å². The number of oxazole rings is 1. The van der Waals surface area contributed by atoms with Crippen molar-refractivity contribution < 1.29 is 13.5 Å². The lowest BCUT2D eigenvalue weighted by Crippen LogP contribution is -1.99. The van der Waals surface area contributed by atoms with Gasteiger partial charge in [-0.25, -0.2) is 9.37 Å². The molecule has 21 heavy (non-hydrogen) atoms. The van der Waals surface area contributed by atoms with Crippen LogP contribution in [0.4, 0.5) is 4.39 Å². The molecule has 106 valence electrons. The van der Waals surface area contributed by atoms with Gasteiger partial charge in [-0.05, 0) is 31.2 Å². The smallest absolute Gasteiger partial charge is 0.226 e. The molecule has 4 heteroatoms. The van der Waals surface area contributed by atoms with E-state index in [9.17, 15) is 4.39 Å². The third-order valence-electron chi connectivity index (χ3n) is 3.11. The summed E-state index contributed by atoms with van der Waals surface area (Å²) in [5.74, 6) is 1.04. The second kappa shape index (κ2) is 5.79. The predicted octanol–water partition coefficient (Wildman–Crippen LogP) is 4.37. The zero-order valence-corrected chi connectivity index (χ0v) is 11.5. The van der Waals surface area contributed by atoms with Crippen molar-refractivity contribution in [3.63, 3.8) is 0 Å². The van der Waals surface area contributed by atoms with Crippen molar-refractivity contribution in [3.05, 3.63) is 71.9 Å². The number of benzene rings is 2. The summed E-state index contributed by atoms with van der Waals surface area (Å²) in [6, 6.07) is 15.9. The molecule has 0 bridgehead atoms. The summed E-state index contributed by atoms with van der Waals surface area (Å²) in [6.45, 7) is 1.99. The molecule has 0 saturated heterocycles. The fourth-order valence-electron chi connectivity index (χ4n) is 1.97. The Hall–Kier alpha value is -2.62. The number of hydrogen-bond donors (Lipinski definition) is 0. The molecule has 3 rings (SSSR count). The lowest BCUT2D eigenvalue weighted by molar-refractivity contribution is 0.284. The molecule has 0 saturated carbocycles. The van der Waals surface area contributed by atoms with Crippen molar-refractivity contribution in [2.75, 3.05) is 0 Å². The summed E-state index contributed by atoms with van der Waals surface area (Å²) in [4.78, 5) is 4.41. The van der Waals surface area contributed by atoms with Crippen LogP contribution in [0.25, 0.3) is 11.5 Å². The average molecular weight is 283 g/mol. The van der Waals surface area contributed by atoms with Crippen molar-refractivity contribution in [2.24, 2.45) is 0 Å². The largest absolute Gasteiger partial charge is 0.484 e. The Morgan fingerprint density at radius 1 is 1.05 bits per heavy atom. The van der Waals surface area contributed by atoms with Crippen molar-refractivity contribution in [1.29, 1.82) is 0 Å². The number of nitrogens with zero attached hydrogens (tertiary/aromatic N) is 1. The summed E-state index contributed by atoms with van der Waals surface area (Å²) in [6.07, 6.45) is 0. The van der Waals surface area contributed by atoms with Crippen LogP contribution in [-0.2, 0) is 6.61 Å². The Morgan fingerprint density at radius 2 is 1.76 bits per heavy atom. The minimum Gasteiger partial charge on any atom is -0.484 e. The molecule has 0 N–H and O–H groups in total. The van der Waals surface area contributed by atoms with E-state index in [4.69, 9.17) is 9.15 Å². The number of para-hydroxylation sites is 1. The van der Waals surface area contributed by atoms with Crippen molar-refractivity contribution in [3.8, 4) is 17.2 Å². The second-order valence-corrected chi connectivity index (χ2v) is 4.61. The van der Waals surface area contributed by atoms with Gasteiger partial charge in [0.05, 0.1) is 0 Å². The molecule has 2 aromatic carbocycles. The highest BCUT2D eigenvalue weighted by Gasteiger charge is 2.12. The summed E-state index contributed by atoms with van der Waals surface area (Å²) < 4.78 is 24.6. The number of aryl methyl sites for hydroxylation is 1. The van der Waals surface area contributed by atoms with Crippen LogP contribution in [0.15, 0.2) is 59.0 Å². The number of aromatic nitrogens is 1. The molecule has 0 fully saturated rings. The minimum atomic E-state index is -0.387. The van der Waals surface area contributed by atoms with E-state index < -0.39 is 0 Å². The van der Waals surface area contributed by atoms with Gasteiger partial charge in [0.15, 0.2) is 11.6 Å². The number of halogens is 1. The molecular formula is C17H14FNO2. The van der Waals surface area contributed by atoms with E-state index in [0.717, 1.165) is 5.56 Å². The van der Waals surface area contributed by atoms with Crippen LogP contribution in [0.2, 0.25) is 0 Å². The highest BCUT2D eigenvalue weighted by Crippen LogP contribution is 2.23. The first-order valence-corrected chi connectivity index (χ1v) is 6.63. The van der Waals surface area contributed by atoms with Gasteiger partial charge >= 0.3 is 0 Å². The van der Waals surface area contributed by atoms with Gasteiger partial charge in [-0.2, -0.15) is 0 Å². The first-order chi connectivity index (χ1) is 10.2. The third-order valence-corrected chi connectivity index (χ3v) is 3.11. The van der Waals surface area contributed by atoms with Crippen LogP contribution in [0.3, 0.4) is 0 Å². The highest BCUT2D eigenvalue weighted by molar-refractivity contribution is 5.53. The topological polar surface area (TPSA) is 35.3 Å². The Kier molecular flexibility index (Phi) is 3.69. The van der Waals surface area contributed by atoms with Gasteiger partial charge in [0, 0.05) is 5.56 Å². The van der Waals surface area contributed by atoms with E-state index in [-0.39, 0.29) is 18.2 Å². The maximum atomic E-state index is 13.5. The normalized spacial score (nSPS) is 10.6. The van der Waals surface area contributed by atoms with Crippen LogP contribution < -0.4 is 4.74 Å². The van der Waals surface area contributed by atoms with Crippen LogP contribution in [-0.4, -0.2) is 4.98 Å². The van der Waals surface area contributed by atoms with E-state index in [1.807, 2.05) is 37.3 Å². The molecule has 0 aliphatic carbocycles. The lowest BCUT2D eigenvalue weighted by Gasteiger charge is -2.04. The minimum absolute atomic E-state index is 0.170. The summed E-state index contributed by atoms with van der Waals surface area (Å²) in [5, 5.41) is 0. The maximum Gasteiger partial charge on any atom is 0.226 e. The maximum absolute atomic E-state index is 13.5. The Bertz CT molecular complexity index is 738. The Morgan fingerprint density at radius 3 is 2.52 bits per heavy atom. The fourth-order valence-corrected chi connectivity index (χ4v) is 1.97. The second-order valence-electron chi connectivity index (χ2n) is 4.61. The number of hydrogen-bond acceptors (Lipinski definition) is 3. The Balaban J connectivity index is 1.78. The van der Waals surface area contributed by atoms with Crippen LogP contribution in [0.5, 0.6) is 5.75 Å². The molecule has 3 nitrogen and oxygen atoms in total. The molecule has 0 unspecified atom stereocenters. The quantitative estimate of drug-likeness (QED) is 0.713. The molecule has 0 atom stereocenters. The highest BCUT2D eigenvalue weighted by atomic mass is 19.1. The van der Waals surface area contributed by atoms with E-state index in [1.54, 1.807) is 18.2 Å². The molecular weight excluding hydrogens is 269 g/mol. The van der Waals surface area contributed by atoms with Crippen molar-refractivity contribution in [1.82, 2.24) is 4.98 Å². The van der Waals surface area contributed by atoms with Crippen LogP contribution in [0, 0.1) is 12.7 Å². The molecule has 0 aliphatic heterocycles. The number of ether oxygens (including phenoxy) is 1. The molecule has 0 radical (unpaired) electrons. The van der Waals surface area contributed by atoms with Gasteiger partial charge in [0.2, 0.25) is 5.89 Å². The first-order valence-electron chi connectivity index (χ1n) is 6.63. The standard InChI is InChI=1S/C17H14FNO2/c1-12-15(11-20-16-10-6-5-9-14(16)18)19-17(21-12)13-7-3-2-4-8-13/h2-10H,11H2,1H3. The Labute approximate surface area is 122 Å². The van der Waals surface area contributed by atoms with E-state index in [2.05, 4.69) is 4.98 Å². The summed E-state index contributed by atoms with van der Waals surface area (Å²) in [5.41, 5.74) is 1.56. The SMILES string of the molecule is Cc1oc(-c2ccccc2)nc1COc1ccccc1F. The molecule has 1 aromatic heterocycles. The van der Waals surface area contributed by atoms with Gasteiger partial charge in [-0.15, -0.1) is 0 Å². The van der Waals surface area contributed by atoms with Gasteiger partial charge in [-0.3, -0.25) is 0 Å². The van der Waals surface area contributed by atoms with Gasteiger partial charge in [-0.1, -0.05) is 30.3 Å². The zero-order chi connectivity index (χ0) is 14.7. The first kappa shape index (κ1) is 13.4. The summed E-state index contributed by atoms with van der Waals surface area (Å²) >= 11 is 0. The molecule has 0 amide bonds. The van der Waals surface area contributed by atoms with Crippen LogP contribution in [0.1, 0.15) is 11.5 Å². The third kappa shape index (κ3) is 2.94. The lowest BCUT2D eigenvalue weighted by atomic mass is 10.2. The summed E-state index contributed by atoms with van der Waals surface area (Å²) in [7, 11) is 0. The van der Waals surface area contributed by atoms with Crippen molar-refractivity contribution in [2.45, 2.75) is 13.5 Å². The van der Waals surface area contributed by atoms with Gasteiger partial charge in [0.25, 0.3) is 0 Å². The van der Waals surface area contributed by atoms with Gasteiger partial charge in [0.1, 0.15) is 18.1 Å². The molecule has 0 aliphatic rings. The molecule has 3 aromatic rings. The monoisotopic (exact) mass is 283 g/mol. The fraction of sp³-hybridized carbons (Fsp3) is 0.118. The predicted molar refractivity (Wildman–Crippen MR) is 77.4 cm³/mol. The number of rotatable bonds is 4. The average Bonchev–Trinajstić information content (AvgIpc) is 2.89. The molecule has 1 heterocycles. The molecule has 0 spiro atoms. The van der Waals surface area contributed by atoms with E-state index >= 15 is 0 Å². The van der Waals surface area contributed by atoms with E-state index in [0.29, 0.717) is 17.3 Å².